The van der Waals surface area contributed by atoms with Crippen LogP contribution in [0, 0.1) is 0 Å². The Morgan fingerprint density at radius 1 is 1.10 bits per heavy atom. The lowest BCUT2D eigenvalue weighted by atomic mass is 10.1. The lowest BCUT2D eigenvalue weighted by molar-refractivity contribution is 1.14. The standard InChI is InChI=1S/C13H11BN6/c1-20-13-12(19-14-20)17-10-9(8-5-3-2-4-6-8)15-7-16-11(10)18-13/h2-7,14H,1H3,(H,17,19). The number of rotatable bonds is 1. The van der Waals surface area contributed by atoms with Crippen molar-refractivity contribution in [2.45, 2.75) is 0 Å². The number of hydrogen-bond acceptors (Lipinski definition) is 6. The van der Waals surface area contributed by atoms with Crippen LogP contribution in [0.3, 0.4) is 0 Å². The fraction of sp³-hybridized carbons (Fsp3) is 0.0769. The van der Waals surface area contributed by atoms with Crippen LogP contribution in [-0.4, -0.2) is 34.5 Å². The number of anilines is 2. The number of aromatic nitrogens is 4. The highest BCUT2D eigenvalue weighted by molar-refractivity contribution is 6.49. The Hall–Kier alpha value is -2.70. The molecule has 7 heteroatoms. The molecule has 0 bridgehead atoms. The fourth-order valence-corrected chi connectivity index (χ4v) is 2.33. The number of nitrogens with one attached hydrogen (secondary N) is 1. The summed E-state index contributed by atoms with van der Waals surface area (Å²) in [6.45, 7) is 0. The van der Waals surface area contributed by atoms with E-state index in [1.807, 2.05) is 42.2 Å². The molecule has 0 saturated heterocycles. The van der Waals surface area contributed by atoms with Gasteiger partial charge in [0.2, 0.25) is 0 Å². The summed E-state index contributed by atoms with van der Waals surface area (Å²) in [5, 5.41) is 3.22. The molecule has 1 N–H and O–H groups in total. The zero-order valence-corrected chi connectivity index (χ0v) is 10.9. The van der Waals surface area contributed by atoms with Crippen LogP contribution in [0.5, 0.6) is 0 Å². The van der Waals surface area contributed by atoms with Gasteiger partial charge in [-0.15, -0.1) is 0 Å². The molecule has 0 spiro atoms. The summed E-state index contributed by atoms with van der Waals surface area (Å²) in [5.74, 6) is 1.61. The van der Waals surface area contributed by atoms with Gasteiger partial charge >= 0.3 is 7.55 Å². The van der Waals surface area contributed by atoms with E-state index >= 15 is 0 Å². The predicted molar refractivity (Wildman–Crippen MR) is 79.7 cm³/mol. The van der Waals surface area contributed by atoms with Crippen molar-refractivity contribution in [2.24, 2.45) is 0 Å². The molecule has 0 atom stereocenters. The van der Waals surface area contributed by atoms with Gasteiger partial charge < -0.3 is 10.0 Å². The summed E-state index contributed by atoms with van der Waals surface area (Å²) in [7, 11) is 2.68. The molecular formula is C13H11BN6. The monoisotopic (exact) mass is 262 g/mol. The minimum Gasteiger partial charge on any atom is -0.394 e. The molecule has 0 aliphatic carbocycles. The molecule has 1 aliphatic heterocycles. The highest BCUT2D eigenvalue weighted by atomic mass is 15.3. The van der Waals surface area contributed by atoms with Crippen molar-refractivity contribution >= 4 is 30.3 Å². The van der Waals surface area contributed by atoms with Crippen molar-refractivity contribution in [2.75, 3.05) is 17.1 Å². The molecule has 0 radical (unpaired) electrons. The van der Waals surface area contributed by atoms with Gasteiger partial charge in [0, 0.05) is 5.56 Å². The minimum atomic E-state index is 0.619. The van der Waals surface area contributed by atoms with Gasteiger partial charge in [0.05, 0.1) is 0 Å². The van der Waals surface area contributed by atoms with Crippen molar-refractivity contribution < 1.29 is 0 Å². The molecule has 0 fully saturated rings. The van der Waals surface area contributed by atoms with Gasteiger partial charge in [-0.1, -0.05) is 30.3 Å². The van der Waals surface area contributed by atoms with Crippen molar-refractivity contribution in [1.29, 1.82) is 0 Å². The molecule has 6 nitrogen and oxygen atoms in total. The molecule has 2 aromatic heterocycles. The van der Waals surface area contributed by atoms with Crippen molar-refractivity contribution in [3.05, 3.63) is 36.7 Å². The summed E-state index contributed by atoms with van der Waals surface area (Å²) in [6, 6.07) is 9.96. The van der Waals surface area contributed by atoms with Crippen LogP contribution >= 0.6 is 0 Å². The molecule has 1 aliphatic rings. The van der Waals surface area contributed by atoms with Crippen LogP contribution in [0.15, 0.2) is 36.7 Å². The maximum Gasteiger partial charge on any atom is 0.356 e. The number of nitrogens with zero attached hydrogens (tertiary/aromatic N) is 5. The van der Waals surface area contributed by atoms with Crippen LogP contribution in [0.2, 0.25) is 0 Å². The Morgan fingerprint density at radius 2 is 1.95 bits per heavy atom. The Balaban J connectivity index is 2.00. The summed E-state index contributed by atoms with van der Waals surface area (Å²) < 4.78 is 0. The van der Waals surface area contributed by atoms with Crippen LogP contribution in [-0.2, 0) is 0 Å². The molecule has 20 heavy (non-hydrogen) atoms. The summed E-state index contributed by atoms with van der Waals surface area (Å²) in [6.07, 6.45) is 1.54. The third kappa shape index (κ3) is 1.60. The summed E-state index contributed by atoms with van der Waals surface area (Å²) >= 11 is 0. The minimum absolute atomic E-state index is 0.619. The Bertz CT molecular complexity index is 791. The van der Waals surface area contributed by atoms with Gasteiger partial charge in [0.1, 0.15) is 17.5 Å². The normalized spacial score (nSPS) is 12.9. The van der Waals surface area contributed by atoms with E-state index in [0.29, 0.717) is 13.2 Å². The largest absolute Gasteiger partial charge is 0.394 e. The second-order valence-corrected chi connectivity index (χ2v) is 4.69. The SMILES string of the molecule is CN1BNc2nc3c(-c4ccccc4)ncnc3nc21. The Labute approximate surface area is 116 Å². The molecule has 1 aromatic carbocycles. The van der Waals surface area contributed by atoms with Crippen LogP contribution in [0.25, 0.3) is 22.4 Å². The number of benzene rings is 1. The molecular weight excluding hydrogens is 251 g/mol. The molecule has 0 amide bonds. The topological polar surface area (TPSA) is 66.8 Å². The predicted octanol–water partition coefficient (Wildman–Crippen LogP) is 1.21. The molecule has 4 rings (SSSR count). The van der Waals surface area contributed by atoms with E-state index in [4.69, 9.17) is 0 Å². The van der Waals surface area contributed by atoms with E-state index in [2.05, 4.69) is 25.2 Å². The van der Waals surface area contributed by atoms with Gasteiger partial charge in [0.15, 0.2) is 17.3 Å². The first-order chi connectivity index (χ1) is 9.83. The molecule has 3 aromatic rings. The molecule has 0 unspecified atom stereocenters. The molecule has 96 valence electrons. The molecule has 0 saturated carbocycles. The highest BCUT2D eigenvalue weighted by Gasteiger charge is 2.22. The lowest BCUT2D eigenvalue weighted by Gasteiger charge is -2.09. The van der Waals surface area contributed by atoms with Gasteiger partial charge in [-0.05, 0) is 7.05 Å². The first-order valence-electron chi connectivity index (χ1n) is 6.36. The Morgan fingerprint density at radius 3 is 2.80 bits per heavy atom. The fourth-order valence-electron chi connectivity index (χ4n) is 2.33. The Kier molecular flexibility index (Phi) is 2.32. The van der Waals surface area contributed by atoms with E-state index in [1.54, 1.807) is 0 Å². The number of fused-ring (bicyclic) bond motifs is 2. The third-order valence-corrected chi connectivity index (χ3v) is 3.34. The average Bonchev–Trinajstić information content (AvgIpc) is 2.86. The second kappa shape index (κ2) is 4.16. The summed E-state index contributed by atoms with van der Waals surface area (Å²) in [5.41, 5.74) is 3.16. The first kappa shape index (κ1) is 11.2. The van der Waals surface area contributed by atoms with Crippen LogP contribution in [0.4, 0.5) is 11.6 Å². The van der Waals surface area contributed by atoms with E-state index in [1.165, 1.54) is 6.33 Å². The smallest absolute Gasteiger partial charge is 0.356 e. The van der Waals surface area contributed by atoms with Gasteiger partial charge in [-0.25, -0.2) is 19.9 Å². The van der Waals surface area contributed by atoms with Crippen LogP contribution in [0.1, 0.15) is 0 Å². The summed E-state index contributed by atoms with van der Waals surface area (Å²) in [4.78, 5) is 19.8. The van der Waals surface area contributed by atoms with Crippen molar-refractivity contribution in [3.8, 4) is 11.3 Å². The lowest BCUT2D eigenvalue weighted by Crippen LogP contribution is -2.21. The average molecular weight is 262 g/mol. The highest BCUT2D eigenvalue weighted by Crippen LogP contribution is 2.30. The quantitative estimate of drug-likeness (QED) is 0.665. The van der Waals surface area contributed by atoms with E-state index in [-0.39, 0.29) is 0 Å². The van der Waals surface area contributed by atoms with E-state index < -0.39 is 0 Å². The number of hydrogen-bond donors (Lipinski definition) is 1. The maximum atomic E-state index is 4.64. The van der Waals surface area contributed by atoms with Gasteiger partial charge in [0.25, 0.3) is 0 Å². The van der Waals surface area contributed by atoms with Gasteiger partial charge in [-0.2, -0.15) is 0 Å². The van der Waals surface area contributed by atoms with E-state index in [9.17, 15) is 0 Å². The zero-order valence-electron chi connectivity index (χ0n) is 10.9. The molecule has 3 heterocycles. The van der Waals surface area contributed by atoms with Crippen LogP contribution < -0.4 is 10.0 Å². The van der Waals surface area contributed by atoms with Crippen molar-refractivity contribution in [1.82, 2.24) is 19.9 Å². The van der Waals surface area contributed by atoms with Crippen molar-refractivity contribution in [3.63, 3.8) is 0 Å². The van der Waals surface area contributed by atoms with E-state index in [0.717, 1.165) is 28.4 Å². The second-order valence-electron chi connectivity index (χ2n) is 4.69. The first-order valence-corrected chi connectivity index (χ1v) is 6.36. The van der Waals surface area contributed by atoms with Gasteiger partial charge in [-0.3, -0.25) is 0 Å². The third-order valence-electron chi connectivity index (χ3n) is 3.34. The maximum absolute atomic E-state index is 4.64. The zero-order chi connectivity index (χ0) is 13.5.